The number of benzene rings is 2. The second-order valence-corrected chi connectivity index (χ2v) is 13.8. The number of nitrogens with one attached hydrogen (secondary N) is 1. The molecule has 47 heavy (non-hydrogen) atoms. The van der Waals surface area contributed by atoms with Gasteiger partial charge in [-0.2, -0.15) is 0 Å². The van der Waals surface area contributed by atoms with E-state index in [9.17, 15) is 14.4 Å². The molecule has 1 atom stereocenters. The number of hydrogen-bond donors (Lipinski definition) is 1. The van der Waals surface area contributed by atoms with Crippen molar-refractivity contribution in [2.75, 3.05) is 44.6 Å². The van der Waals surface area contributed by atoms with Gasteiger partial charge in [-0.3, -0.25) is 9.59 Å². The molecule has 0 unspecified atom stereocenters. The topological polar surface area (TPSA) is 89.3 Å². The first-order chi connectivity index (χ1) is 23.0. The summed E-state index contributed by atoms with van der Waals surface area (Å²) in [6.45, 7) is 5.62. The molecular weight excluding hydrogens is 590 g/mol. The summed E-state index contributed by atoms with van der Waals surface area (Å²) < 4.78 is 5.63. The number of nitrogens with zero attached hydrogens (tertiary/aromatic N) is 4. The van der Waals surface area contributed by atoms with Crippen LogP contribution in [-0.4, -0.2) is 88.8 Å². The van der Waals surface area contributed by atoms with Gasteiger partial charge in [0.2, 0.25) is 11.8 Å². The summed E-state index contributed by atoms with van der Waals surface area (Å²) in [6.07, 6.45) is 9.71. The maximum atomic E-state index is 14.2. The van der Waals surface area contributed by atoms with Gasteiger partial charge in [-0.05, 0) is 93.4 Å². The highest BCUT2D eigenvalue weighted by molar-refractivity contribution is 5.92. The van der Waals surface area contributed by atoms with Crippen molar-refractivity contribution in [1.82, 2.24) is 19.6 Å². The van der Waals surface area contributed by atoms with Crippen LogP contribution in [-0.2, 0) is 22.6 Å². The first-order valence-electron chi connectivity index (χ1n) is 17.6. The SMILES string of the molecule is O=C(C[C@@H](Cc1cccc(-c2ccco2)c1)C(=O)N1CCC(N2CCCCC2)CC1)N1CCC(N2Cc3ccccc3NC2=O)CC1. The van der Waals surface area contributed by atoms with Crippen LogP contribution in [0, 0.1) is 5.92 Å². The third-order valence-corrected chi connectivity index (χ3v) is 10.8. The highest BCUT2D eigenvalue weighted by Crippen LogP contribution is 2.30. The molecule has 0 aliphatic carbocycles. The van der Waals surface area contributed by atoms with Crippen LogP contribution in [0.2, 0.25) is 0 Å². The van der Waals surface area contributed by atoms with E-state index in [1.54, 1.807) is 6.26 Å². The van der Waals surface area contributed by atoms with Crippen molar-refractivity contribution in [1.29, 1.82) is 0 Å². The molecule has 9 heteroatoms. The van der Waals surface area contributed by atoms with Gasteiger partial charge < -0.3 is 29.3 Å². The summed E-state index contributed by atoms with van der Waals surface area (Å²) in [6, 6.07) is 20.5. The standard InChI is InChI=1S/C38H47N5O4/c44-36(41-19-15-33(16-20-41)43-27-30-9-2-3-11-34(30)39-38(43)46)26-31(25-28-8-6-10-29(24-28)35-12-7-23-47-35)37(45)42-21-13-32(14-22-42)40-17-4-1-5-18-40/h2-3,6-12,23-24,31-33H,1,4-5,13-22,25-27H2,(H,39,46)/t31-/m1/s1. The minimum Gasteiger partial charge on any atom is -0.464 e. The molecule has 1 N–H and O–H groups in total. The smallest absolute Gasteiger partial charge is 0.322 e. The fourth-order valence-corrected chi connectivity index (χ4v) is 8.10. The molecule has 0 radical (unpaired) electrons. The Morgan fingerprint density at radius 1 is 0.809 bits per heavy atom. The third kappa shape index (κ3) is 7.25. The van der Waals surface area contributed by atoms with Crippen LogP contribution in [0.3, 0.4) is 0 Å². The molecule has 9 nitrogen and oxygen atoms in total. The summed E-state index contributed by atoms with van der Waals surface area (Å²) in [5, 5.41) is 3.02. The molecular formula is C38H47N5O4. The number of carbonyl (C=O) groups excluding carboxylic acids is 3. The predicted molar refractivity (Wildman–Crippen MR) is 182 cm³/mol. The lowest BCUT2D eigenvalue weighted by Gasteiger charge is -2.41. The average molecular weight is 638 g/mol. The lowest BCUT2D eigenvalue weighted by Crippen LogP contribution is -2.52. The lowest BCUT2D eigenvalue weighted by atomic mass is 9.91. The lowest BCUT2D eigenvalue weighted by molar-refractivity contribution is -0.143. The van der Waals surface area contributed by atoms with Gasteiger partial charge in [0.15, 0.2) is 0 Å². The Labute approximate surface area is 277 Å². The van der Waals surface area contributed by atoms with Crippen molar-refractivity contribution >= 4 is 23.5 Å². The average Bonchev–Trinajstić information content (AvgIpc) is 3.67. The number of amides is 4. The Hall–Kier alpha value is -4.11. The Morgan fingerprint density at radius 2 is 1.55 bits per heavy atom. The number of piperidine rings is 3. The molecule has 3 fully saturated rings. The number of likely N-dealkylation sites (tertiary alicyclic amines) is 3. The van der Waals surface area contributed by atoms with E-state index in [0.717, 1.165) is 66.9 Å². The van der Waals surface area contributed by atoms with Gasteiger partial charge in [0.25, 0.3) is 0 Å². The van der Waals surface area contributed by atoms with E-state index in [1.807, 2.05) is 63.2 Å². The number of rotatable bonds is 8. The summed E-state index contributed by atoms with van der Waals surface area (Å²) >= 11 is 0. The highest BCUT2D eigenvalue weighted by atomic mass is 16.3. The zero-order chi connectivity index (χ0) is 32.2. The van der Waals surface area contributed by atoms with E-state index < -0.39 is 5.92 Å². The fourth-order valence-electron chi connectivity index (χ4n) is 8.10. The highest BCUT2D eigenvalue weighted by Gasteiger charge is 2.36. The van der Waals surface area contributed by atoms with Crippen molar-refractivity contribution in [3.05, 3.63) is 78.1 Å². The molecule has 0 bridgehead atoms. The van der Waals surface area contributed by atoms with Crippen molar-refractivity contribution in [3.8, 4) is 11.3 Å². The van der Waals surface area contributed by atoms with E-state index in [4.69, 9.17) is 4.42 Å². The van der Waals surface area contributed by atoms with Crippen LogP contribution in [0.25, 0.3) is 11.3 Å². The van der Waals surface area contributed by atoms with E-state index >= 15 is 0 Å². The molecule has 0 saturated carbocycles. The maximum absolute atomic E-state index is 14.2. The Kier molecular flexibility index (Phi) is 9.61. The van der Waals surface area contributed by atoms with Gasteiger partial charge in [0, 0.05) is 62.5 Å². The zero-order valence-electron chi connectivity index (χ0n) is 27.3. The molecule has 4 aliphatic heterocycles. The summed E-state index contributed by atoms with van der Waals surface area (Å²) in [5.41, 5.74) is 3.99. The summed E-state index contributed by atoms with van der Waals surface area (Å²) in [5.74, 6) is 0.486. The molecule has 0 spiro atoms. The van der Waals surface area contributed by atoms with Crippen LogP contribution in [0.1, 0.15) is 62.5 Å². The second kappa shape index (κ2) is 14.3. The molecule has 4 aliphatic rings. The number of hydrogen-bond acceptors (Lipinski definition) is 5. The van der Waals surface area contributed by atoms with Gasteiger partial charge in [0.05, 0.1) is 12.2 Å². The van der Waals surface area contributed by atoms with Crippen LogP contribution in [0.5, 0.6) is 0 Å². The zero-order valence-corrected chi connectivity index (χ0v) is 27.3. The van der Waals surface area contributed by atoms with Crippen LogP contribution in [0.15, 0.2) is 71.3 Å². The van der Waals surface area contributed by atoms with Gasteiger partial charge in [0.1, 0.15) is 5.76 Å². The molecule has 3 aromatic rings. The monoisotopic (exact) mass is 637 g/mol. The Bertz CT molecular complexity index is 1530. The first-order valence-corrected chi connectivity index (χ1v) is 17.6. The van der Waals surface area contributed by atoms with Crippen molar-refractivity contribution < 1.29 is 18.8 Å². The number of furan rings is 1. The van der Waals surface area contributed by atoms with Crippen molar-refractivity contribution in [3.63, 3.8) is 0 Å². The second-order valence-electron chi connectivity index (χ2n) is 13.8. The molecule has 3 saturated heterocycles. The van der Waals surface area contributed by atoms with Crippen LogP contribution in [0.4, 0.5) is 10.5 Å². The largest absolute Gasteiger partial charge is 0.464 e. The van der Waals surface area contributed by atoms with Crippen LogP contribution < -0.4 is 5.32 Å². The number of fused-ring (bicyclic) bond motifs is 1. The summed E-state index contributed by atoms with van der Waals surface area (Å²) in [4.78, 5) is 49.4. The van der Waals surface area contributed by atoms with Gasteiger partial charge in [-0.15, -0.1) is 0 Å². The minimum atomic E-state index is -0.428. The third-order valence-electron chi connectivity index (χ3n) is 10.8. The fraction of sp³-hybridized carbons (Fsp3) is 0.500. The summed E-state index contributed by atoms with van der Waals surface area (Å²) in [7, 11) is 0. The van der Waals surface area contributed by atoms with Crippen molar-refractivity contribution in [2.45, 2.75) is 76.4 Å². The molecule has 4 amide bonds. The minimum absolute atomic E-state index is 0.0284. The number of carbonyl (C=O) groups is 3. The molecule has 7 rings (SSSR count). The Morgan fingerprint density at radius 3 is 2.32 bits per heavy atom. The predicted octanol–water partition coefficient (Wildman–Crippen LogP) is 6.01. The molecule has 2 aromatic carbocycles. The normalized spacial score (nSPS) is 20.5. The van der Waals surface area contributed by atoms with Gasteiger partial charge in [-0.25, -0.2) is 4.79 Å². The molecule has 5 heterocycles. The van der Waals surface area contributed by atoms with E-state index in [-0.39, 0.29) is 30.3 Å². The van der Waals surface area contributed by atoms with E-state index in [1.165, 1.54) is 32.4 Å². The number of para-hydroxylation sites is 1. The molecule has 1 aromatic heterocycles. The van der Waals surface area contributed by atoms with Crippen LogP contribution >= 0.6 is 0 Å². The quantitative estimate of drug-likeness (QED) is 0.327. The van der Waals surface area contributed by atoms with Gasteiger partial charge >= 0.3 is 6.03 Å². The first kappa shape index (κ1) is 31.5. The molecule has 248 valence electrons. The maximum Gasteiger partial charge on any atom is 0.322 e. The van der Waals surface area contributed by atoms with Gasteiger partial charge in [-0.1, -0.05) is 42.8 Å². The van der Waals surface area contributed by atoms with Crippen molar-refractivity contribution in [2.24, 2.45) is 5.92 Å². The van der Waals surface area contributed by atoms with E-state index in [0.29, 0.717) is 32.1 Å². The number of urea groups is 1. The van der Waals surface area contributed by atoms with E-state index in [2.05, 4.69) is 22.3 Å². The Balaban J connectivity index is 1.01. The number of anilines is 1.